The Hall–Kier alpha value is -3.13. The largest absolute Gasteiger partial charge is 0.507 e. The molecule has 0 atom stereocenters. The zero-order valence-electron chi connectivity index (χ0n) is 16.9. The summed E-state index contributed by atoms with van der Waals surface area (Å²) in [6, 6.07) is 9.42. The standard InChI is InChI=1S/C21H27N7O/c1-15(2)28-14-16(12-23-28)13-26-7-9-27(10-8-26)19-11-18(24-25-21(19)22)17-5-3-4-6-20(17)29/h3-6,11-12,14-15,29H,7-10,13H2,1-2H3,(H2,22,25). The van der Waals surface area contributed by atoms with Gasteiger partial charge in [-0.3, -0.25) is 9.58 Å². The van der Waals surface area contributed by atoms with E-state index in [1.165, 1.54) is 5.56 Å². The summed E-state index contributed by atoms with van der Waals surface area (Å²) in [6.07, 6.45) is 4.08. The molecule has 8 heteroatoms. The van der Waals surface area contributed by atoms with E-state index in [0.717, 1.165) is 38.4 Å². The fraction of sp³-hybridized carbons (Fsp3) is 0.381. The normalized spacial score (nSPS) is 15.2. The van der Waals surface area contributed by atoms with Crippen molar-refractivity contribution >= 4 is 11.5 Å². The summed E-state index contributed by atoms with van der Waals surface area (Å²) < 4.78 is 2.00. The van der Waals surface area contributed by atoms with E-state index in [0.29, 0.717) is 23.1 Å². The lowest BCUT2D eigenvalue weighted by Crippen LogP contribution is -2.46. The van der Waals surface area contributed by atoms with E-state index in [-0.39, 0.29) is 5.75 Å². The first-order valence-corrected chi connectivity index (χ1v) is 9.93. The Kier molecular flexibility index (Phi) is 5.35. The van der Waals surface area contributed by atoms with Gasteiger partial charge in [0.1, 0.15) is 5.75 Å². The third-order valence-electron chi connectivity index (χ3n) is 5.28. The van der Waals surface area contributed by atoms with Gasteiger partial charge in [0.05, 0.1) is 17.6 Å². The molecule has 1 fully saturated rings. The highest BCUT2D eigenvalue weighted by Crippen LogP contribution is 2.31. The molecule has 152 valence electrons. The highest BCUT2D eigenvalue weighted by molar-refractivity contribution is 5.74. The van der Waals surface area contributed by atoms with Crippen molar-refractivity contribution in [1.82, 2.24) is 24.9 Å². The molecule has 0 bridgehead atoms. The van der Waals surface area contributed by atoms with Gasteiger partial charge in [-0.1, -0.05) is 12.1 Å². The first kappa shape index (κ1) is 19.2. The Morgan fingerprint density at radius 3 is 2.55 bits per heavy atom. The molecule has 3 N–H and O–H groups in total. The van der Waals surface area contributed by atoms with Crippen LogP contribution >= 0.6 is 0 Å². The Balaban J connectivity index is 1.44. The van der Waals surface area contributed by atoms with Gasteiger partial charge in [-0.2, -0.15) is 5.10 Å². The van der Waals surface area contributed by atoms with E-state index in [1.54, 1.807) is 12.1 Å². The SMILES string of the molecule is CC(C)n1cc(CN2CCN(c3cc(-c4ccccc4O)nnc3N)CC2)cn1. The minimum Gasteiger partial charge on any atom is -0.507 e. The van der Waals surface area contributed by atoms with Crippen LogP contribution in [0.2, 0.25) is 0 Å². The van der Waals surface area contributed by atoms with Crippen LogP contribution < -0.4 is 10.6 Å². The molecule has 8 nitrogen and oxygen atoms in total. The maximum absolute atomic E-state index is 10.1. The number of hydrogen-bond donors (Lipinski definition) is 2. The smallest absolute Gasteiger partial charge is 0.169 e. The van der Waals surface area contributed by atoms with Crippen molar-refractivity contribution < 1.29 is 5.11 Å². The zero-order chi connectivity index (χ0) is 20.4. The molecule has 4 rings (SSSR count). The molecular weight excluding hydrogens is 366 g/mol. The number of hydrogen-bond acceptors (Lipinski definition) is 7. The lowest BCUT2D eigenvalue weighted by atomic mass is 10.1. The quantitative estimate of drug-likeness (QED) is 0.687. The number of aromatic nitrogens is 4. The lowest BCUT2D eigenvalue weighted by molar-refractivity contribution is 0.250. The van der Waals surface area contributed by atoms with Crippen LogP contribution in [-0.2, 0) is 6.54 Å². The molecule has 1 aromatic carbocycles. The van der Waals surface area contributed by atoms with Crippen molar-refractivity contribution in [2.45, 2.75) is 26.4 Å². The van der Waals surface area contributed by atoms with Gasteiger partial charge in [0, 0.05) is 56.1 Å². The third kappa shape index (κ3) is 4.17. The van der Waals surface area contributed by atoms with Gasteiger partial charge in [0.2, 0.25) is 0 Å². The van der Waals surface area contributed by atoms with Gasteiger partial charge >= 0.3 is 0 Å². The molecule has 1 aliphatic heterocycles. The molecule has 0 aliphatic carbocycles. The van der Waals surface area contributed by atoms with Crippen LogP contribution in [-0.4, -0.2) is 56.2 Å². The molecule has 29 heavy (non-hydrogen) atoms. The van der Waals surface area contributed by atoms with E-state index in [1.807, 2.05) is 29.1 Å². The molecule has 2 aromatic heterocycles. The lowest BCUT2D eigenvalue weighted by Gasteiger charge is -2.36. The highest BCUT2D eigenvalue weighted by atomic mass is 16.3. The van der Waals surface area contributed by atoms with Gasteiger partial charge in [-0.15, -0.1) is 10.2 Å². The second-order valence-corrected chi connectivity index (χ2v) is 7.70. The van der Waals surface area contributed by atoms with Crippen LogP contribution in [0.25, 0.3) is 11.3 Å². The molecule has 0 spiro atoms. The molecule has 0 saturated carbocycles. The molecule has 1 saturated heterocycles. The Bertz CT molecular complexity index is 977. The highest BCUT2D eigenvalue weighted by Gasteiger charge is 2.21. The van der Waals surface area contributed by atoms with Gasteiger partial charge in [0.25, 0.3) is 0 Å². The summed E-state index contributed by atoms with van der Waals surface area (Å²) in [5.41, 5.74) is 9.50. The van der Waals surface area contributed by atoms with E-state index in [2.05, 4.69) is 45.1 Å². The molecule has 0 radical (unpaired) electrons. The molecular formula is C21H27N7O. The fourth-order valence-electron chi connectivity index (χ4n) is 3.61. The molecule has 3 aromatic rings. The average Bonchev–Trinajstić information content (AvgIpc) is 3.19. The molecule has 0 amide bonds. The number of phenolic OH excluding ortho intramolecular Hbond substituents is 1. The number of nitrogen functional groups attached to an aromatic ring is 1. The third-order valence-corrected chi connectivity index (χ3v) is 5.28. The van der Waals surface area contributed by atoms with Crippen molar-refractivity contribution in [2.24, 2.45) is 0 Å². The Labute approximate surface area is 170 Å². The van der Waals surface area contributed by atoms with Crippen LogP contribution in [0.15, 0.2) is 42.7 Å². The van der Waals surface area contributed by atoms with E-state index >= 15 is 0 Å². The predicted octanol–water partition coefficient (Wildman–Crippen LogP) is 2.53. The van der Waals surface area contributed by atoms with Crippen molar-refractivity contribution in [3.05, 3.63) is 48.3 Å². The van der Waals surface area contributed by atoms with E-state index < -0.39 is 0 Å². The number of aromatic hydroxyl groups is 1. The number of piperazine rings is 1. The molecule has 1 aliphatic rings. The second-order valence-electron chi connectivity index (χ2n) is 7.70. The summed E-state index contributed by atoms with van der Waals surface area (Å²) in [4.78, 5) is 4.66. The summed E-state index contributed by atoms with van der Waals surface area (Å²) in [6.45, 7) is 8.73. The fourth-order valence-corrected chi connectivity index (χ4v) is 3.61. The van der Waals surface area contributed by atoms with E-state index in [4.69, 9.17) is 5.73 Å². The average molecular weight is 393 g/mol. The molecule has 3 heterocycles. The van der Waals surface area contributed by atoms with Crippen LogP contribution in [0.5, 0.6) is 5.75 Å². The second kappa shape index (κ2) is 8.08. The van der Waals surface area contributed by atoms with Gasteiger partial charge < -0.3 is 15.7 Å². The van der Waals surface area contributed by atoms with Gasteiger partial charge in [-0.25, -0.2) is 0 Å². The number of nitrogens with zero attached hydrogens (tertiary/aromatic N) is 6. The summed E-state index contributed by atoms with van der Waals surface area (Å²) in [5, 5.41) is 22.8. The predicted molar refractivity (Wildman–Crippen MR) is 114 cm³/mol. The zero-order valence-corrected chi connectivity index (χ0v) is 16.9. The van der Waals surface area contributed by atoms with E-state index in [9.17, 15) is 5.11 Å². The summed E-state index contributed by atoms with van der Waals surface area (Å²) >= 11 is 0. The Morgan fingerprint density at radius 1 is 1.10 bits per heavy atom. The van der Waals surface area contributed by atoms with Gasteiger partial charge in [0.15, 0.2) is 5.82 Å². The van der Waals surface area contributed by atoms with Gasteiger partial charge in [-0.05, 0) is 32.0 Å². The van der Waals surface area contributed by atoms with Crippen molar-refractivity contribution in [3.63, 3.8) is 0 Å². The van der Waals surface area contributed by atoms with Crippen molar-refractivity contribution in [2.75, 3.05) is 36.8 Å². The molecule has 0 unspecified atom stereocenters. The number of phenols is 1. The minimum absolute atomic E-state index is 0.185. The van der Waals surface area contributed by atoms with Crippen LogP contribution in [0.1, 0.15) is 25.5 Å². The van der Waals surface area contributed by atoms with Crippen molar-refractivity contribution in [1.29, 1.82) is 0 Å². The van der Waals surface area contributed by atoms with Crippen LogP contribution in [0.3, 0.4) is 0 Å². The first-order valence-electron chi connectivity index (χ1n) is 9.93. The maximum Gasteiger partial charge on any atom is 0.169 e. The topological polar surface area (TPSA) is 96.3 Å². The monoisotopic (exact) mass is 393 g/mol. The minimum atomic E-state index is 0.185. The number of benzene rings is 1. The number of nitrogens with two attached hydrogens (primary N) is 1. The number of rotatable bonds is 5. The maximum atomic E-state index is 10.1. The van der Waals surface area contributed by atoms with Crippen molar-refractivity contribution in [3.8, 4) is 17.0 Å². The Morgan fingerprint density at radius 2 is 1.86 bits per heavy atom. The number of anilines is 2. The van der Waals surface area contributed by atoms with Crippen LogP contribution in [0.4, 0.5) is 11.5 Å². The number of para-hydroxylation sites is 1. The summed E-state index contributed by atoms with van der Waals surface area (Å²) in [7, 11) is 0. The van der Waals surface area contributed by atoms with Crippen LogP contribution in [0, 0.1) is 0 Å². The summed E-state index contributed by atoms with van der Waals surface area (Å²) in [5.74, 6) is 0.597. The first-order chi connectivity index (χ1) is 14.0.